The molecule has 3 nitrogen and oxygen atoms in total. The lowest BCUT2D eigenvalue weighted by molar-refractivity contribution is 0.231. The summed E-state index contributed by atoms with van der Waals surface area (Å²) >= 11 is 11.7. The van der Waals surface area contributed by atoms with Gasteiger partial charge in [0.2, 0.25) is 0 Å². The van der Waals surface area contributed by atoms with Crippen LogP contribution in [0, 0.1) is 0 Å². The summed E-state index contributed by atoms with van der Waals surface area (Å²) in [6, 6.07) is 8.12. The molecule has 0 saturated carbocycles. The molecule has 0 aliphatic carbocycles. The number of rotatable bonds is 3. The van der Waals surface area contributed by atoms with Crippen LogP contribution < -0.4 is 4.74 Å². The SMILES string of the molecule is OCc1ccc(Oc2ccc(Cl)cc2Cl)o1. The Bertz CT molecular complexity index is 494. The predicted octanol–water partition coefficient (Wildman–Crippen LogP) is 3.87. The topological polar surface area (TPSA) is 42.6 Å². The van der Waals surface area contributed by atoms with Gasteiger partial charge >= 0.3 is 0 Å². The Kier molecular flexibility index (Phi) is 3.39. The van der Waals surface area contributed by atoms with Gasteiger partial charge in [0.05, 0.1) is 5.02 Å². The molecule has 0 amide bonds. The second-order valence-electron chi connectivity index (χ2n) is 3.06. The van der Waals surface area contributed by atoms with Crippen molar-refractivity contribution in [2.45, 2.75) is 6.61 Å². The molecule has 2 rings (SSSR count). The van der Waals surface area contributed by atoms with Crippen LogP contribution in [0.4, 0.5) is 0 Å². The van der Waals surface area contributed by atoms with Gasteiger partial charge in [-0.2, -0.15) is 0 Å². The summed E-state index contributed by atoms with van der Waals surface area (Å²) < 4.78 is 10.5. The Balaban J connectivity index is 2.20. The third-order valence-corrected chi connectivity index (χ3v) is 2.43. The fourth-order valence-electron chi connectivity index (χ4n) is 1.16. The Morgan fingerprint density at radius 2 is 2.00 bits per heavy atom. The number of benzene rings is 1. The average molecular weight is 259 g/mol. The first-order valence-corrected chi connectivity index (χ1v) is 5.27. The van der Waals surface area contributed by atoms with Crippen molar-refractivity contribution in [3.05, 3.63) is 46.1 Å². The predicted molar refractivity (Wildman–Crippen MR) is 61.2 cm³/mol. The average Bonchev–Trinajstić information content (AvgIpc) is 2.70. The standard InChI is InChI=1S/C11H8Cl2O3/c12-7-1-3-10(9(13)5-7)16-11-4-2-8(6-14)15-11/h1-5,14H,6H2. The van der Waals surface area contributed by atoms with Gasteiger partial charge in [-0.15, -0.1) is 0 Å². The highest BCUT2D eigenvalue weighted by molar-refractivity contribution is 6.35. The molecule has 0 unspecified atom stereocenters. The van der Waals surface area contributed by atoms with Crippen molar-refractivity contribution in [2.75, 3.05) is 0 Å². The molecule has 5 heteroatoms. The first-order chi connectivity index (χ1) is 7.69. The molecule has 0 bridgehead atoms. The molecule has 1 N–H and O–H groups in total. The lowest BCUT2D eigenvalue weighted by Gasteiger charge is -2.04. The molecular formula is C11H8Cl2O3. The van der Waals surface area contributed by atoms with Gasteiger partial charge in [-0.3, -0.25) is 0 Å². The van der Waals surface area contributed by atoms with Gasteiger partial charge in [-0.05, 0) is 24.3 Å². The normalized spacial score (nSPS) is 10.4. The Hall–Kier alpha value is -1.16. The van der Waals surface area contributed by atoms with Gasteiger partial charge in [0.25, 0.3) is 5.95 Å². The van der Waals surface area contributed by atoms with E-state index in [4.69, 9.17) is 37.5 Å². The molecule has 1 heterocycles. The van der Waals surface area contributed by atoms with E-state index >= 15 is 0 Å². The van der Waals surface area contributed by atoms with E-state index in [9.17, 15) is 0 Å². The largest absolute Gasteiger partial charge is 0.428 e. The van der Waals surface area contributed by atoms with Crippen molar-refractivity contribution in [3.63, 3.8) is 0 Å². The number of furan rings is 1. The lowest BCUT2D eigenvalue weighted by atomic mass is 10.3. The molecule has 0 aliphatic rings. The number of halogens is 2. The van der Waals surface area contributed by atoms with E-state index in [0.717, 1.165) is 0 Å². The number of aliphatic hydroxyl groups is 1. The van der Waals surface area contributed by atoms with Crippen LogP contribution in [-0.2, 0) is 6.61 Å². The zero-order chi connectivity index (χ0) is 11.5. The molecule has 0 saturated heterocycles. The Morgan fingerprint density at radius 3 is 2.62 bits per heavy atom. The molecule has 1 aromatic heterocycles. The van der Waals surface area contributed by atoms with E-state index in [2.05, 4.69) is 0 Å². The number of hydrogen-bond donors (Lipinski definition) is 1. The Morgan fingerprint density at radius 1 is 1.19 bits per heavy atom. The summed E-state index contributed by atoms with van der Waals surface area (Å²) in [4.78, 5) is 0. The summed E-state index contributed by atoms with van der Waals surface area (Å²) in [5, 5.41) is 9.75. The van der Waals surface area contributed by atoms with Crippen molar-refractivity contribution in [3.8, 4) is 11.7 Å². The summed E-state index contributed by atoms with van der Waals surface area (Å²) in [5.41, 5.74) is 0. The summed E-state index contributed by atoms with van der Waals surface area (Å²) in [6.45, 7) is -0.169. The van der Waals surface area contributed by atoms with Crippen molar-refractivity contribution < 1.29 is 14.3 Å². The molecule has 0 aliphatic heterocycles. The molecule has 0 spiro atoms. The van der Waals surface area contributed by atoms with Gasteiger partial charge in [-0.1, -0.05) is 23.2 Å². The highest BCUT2D eigenvalue weighted by Gasteiger charge is 2.07. The van der Waals surface area contributed by atoms with Crippen LogP contribution in [0.25, 0.3) is 0 Å². The maximum absolute atomic E-state index is 8.82. The molecule has 2 aromatic rings. The van der Waals surface area contributed by atoms with Crippen molar-refractivity contribution in [1.82, 2.24) is 0 Å². The second kappa shape index (κ2) is 4.78. The van der Waals surface area contributed by atoms with E-state index in [-0.39, 0.29) is 12.6 Å². The van der Waals surface area contributed by atoms with Crippen molar-refractivity contribution in [1.29, 1.82) is 0 Å². The minimum absolute atomic E-state index is 0.169. The van der Waals surface area contributed by atoms with Crippen molar-refractivity contribution >= 4 is 23.2 Å². The van der Waals surface area contributed by atoms with Gasteiger partial charge in [0.1, 0.15) is 18.1 Å². The molecule has 0 fully saturated rings. The van der Waals surface area contributed by atoms with Crippen LogP contribution in [0.1, 0.15) is 5.76 Å². The number of ether oxygens (including phenoxy) is 1. The summed E-state index contributed by atoms with van der Waals surface area (Å²) in [5.74, 6) is 1.15. The number of aliphatic hydroxyl groups excluding tert-OH is 1. The van der Waals surface area contributed by atoms with Gasteiger partial charge in [0.15, 0.2) is 0 Å². The molecule has 16 heavy (non-hydrogen) atoms. The van der Waals surface area contributed by atoms with E-state index in [1.54, 1.807) is 30.3 Å². The van der Waals surface area contributed by atoms with Crippen LogP contribution in [0.15, 0.2) is 34.7 Å². The van der Waals surface area contributed by atoms with Crippen LogP contribution in [-0.4, -0.2) is 5.11 Å². The van der Waals surface area contributed by atoms with E-state index in [1.165, 1.54) is 0 Å². The van der Waals surface area contributed by atoms with Crippen LogP contribution in [0.3, 0.4) is 0 Å². The fourth-order valence-corrected chi connectivity index (χ4v) is 1.61. The third-order valence-electron chi connectivity index (χ3n) is 1.90. The molecule has 0 atom stereocenters. The third kappa shape index (κ3) is 2.50. The summed E-state index contributed by atoms with van der Waals surface area (Å²) in [7, 11) is 0. The van der Waals surface area contributed by atoms with E-state index < -0.39 is 0 Å². The quantitative estimate of drug-likeness (QED) is 0.909. The zero-order valence-corrected chi connectivity index (χ0v) is 9.63. The maximum Gasteiger partial charge on any atom is 0.290 e. The van der Waals surface area contributed by atoms with E-state index in [1.807, 2.05) is 0 Å². The minimum Gasteiger partial charge on any atom is -0.428 e. The minimum atomic E-state index is -0.169. The second-order valence-corrected chi connectivity index (χ2v) is 3.90. The van der Waals surface area contributed by atoms with Crippen LogP contribution in [0.5, 0.6) is 11.7 Å². The molecule has 0 radical (unpaired) electrons. The smallest absolute Gasteiger partial charge is 0.290 e. The zero-order valence-electron chi connectivity index (χ0n) is 8.11. The molecule has 1 aromatic carbocycles. The van der Waals surface area contributed by atoms with Gasteiger partial charge in [-0.25, -0.2) is 0 Å². The highest BCUT2D eigenvalue weighted by Crippen LogP contribution is 2.32. The van der Waals surface area contributed by atoms with E-state index in [0.29, 0.717) is 21.6 Å². The maximum atomic E-state index is 8.82. The monoisotopic (exact) mass is 258 g/mol. The van der Waals surface area contributed by atoms with Crippen molar-refractivity contribution in [2.24, 2.45) is 0 Å². The van der Waals surface area contributed by atoms with Gasteiger partial charge in [0, 0.05) is 11.1 Å². The van der Waals surface area contributed by atoms with Crippen LogP contribution >= 0.6 is 23.2 Å². The fraction of sp³-hybridized carbons (Fsp3) is 0.0909. The first-order valence-electron chi connectivity index (χ1n) is 4.51. The summed E-state index contributed by atoms with van der Waals surface area (Å²) in [6.07, 6.45) is 0. The molecule has 84 valence electrons. The van der Waals surface area contributed by atoms with Gasteiger partial charge < -0.3 is 14.3 Å². The first kappa shape index (κ1) is 11.3. The van der Waals surface area contributed by atoms with Crippen LogP contribution in [0.2, 0.25) is 10.0 Å². The number of hydrogen-bond acceptors (Lipinski definition) is 3. The lowest BCUT2D eigenvalue weighted by Crippen LogP contribution is -1.83. The molecular weight excluding hydrogens is 251 g/mol. The highest BCUT2D eigenvalue weighted by atomic mass is 35.5. The Labute approximate surface area is 102 Å².